The summed E-state index contributed by atoms with van der Waals surface area (Å²) in [4.78, 5) is 15.8. The number of anilines is 2. The molecular weight excluding hydrogens is 290 g/mol. The van der Waals surface area contributed by atoms with Crippen molar-refractivity contribution in [1.29, 1.82) is 0 Å². The Morgan fingerprint density at radius 1 is 1.33 bits per heavy atom. The van der Waals surface area contributed by atoms with Crippen LogP contribution < -0.4 is 15.8 Å². The van der Waals surface area contributed by atoms with Crippen LogP contribution in [0.15, 0.2) is 47.6 Å². The molecule has 0 saturated heterocycles. The number of rotatable bonds is 5. The molecule has 0 aliphatic heterocycles. The minimum absolute atomic E-state index is 0.201. The lowest BCUT2D eigenvalue weighted by atomic mass is 10.3. The third-order valence-electron chi connectivity index (χ3n) is 2.65. The van der Waals surface area contributed by atoms with Crippen LogP contribution >= 0.6 is 0 Å². The van der Waals surface area contributed by atoms with Gasteiger partial charge in [0.05, 0.1) is 23.6 Å². The SMILES string of the molecule is COc1ccc(NC(=O)CS(=O)c2ncccc2N)cc1. The van der Waals surface area contributed by atoms with Crippen molar-refractivity contribution in [3.05, 3.63) is 42.6 Å². The van der Waals surface area contributed by atoms with Crippen molar-refractivity contribution in [3.8, 4) is 5.75 Å². The second-order valence-electron chi connectivity index (χ2n) is 4.16. The third kappa shape index (κ3) is 4.03. The summed E-state index contributed by atoms with van der Waals surface area (Å²) in [6, 6.07) is 10.1. The van der Waals surface area contributed by atoms with Gasteiger partial charge in [-0.05, 0) is 36.4 Å². The molecule has 21 heavy (non-hydrogen) atoms. The van der Waals surface area contributed by atoms with E-state index in [4.69, 9.17) is 10.5 Å². The monoisotopic (exact) mass is 305 g/mol. The molecule has 0 aliphatic rings. The number of pyridine rings is 1. The van der Waals surface area contributed by atoms with E-state index in [1.54, 1.807) is 43.5 Å². The summed E-state index contributed by atoms with van der Waals surface area (Å²) in [5, 5.41) is 2.88. The lowest BCUT2D eigenvalue weighted by Crippen LogP contribution is -2.20. The smallest absolute Gasteiger partial charge is 0.237 e. The fourth-order valence-corrected chi connectivity index (χ4v) is 2.61. The van der Waals surface area contributed by atoms with Gasteiger partial charge >= 0.3 is 0 Å². The maximum Gasteiger partial charge on any atom is 0.237 e. The Bertz CT molecular complexity index is 659. The Morgan fingerprint density at radius 2 is 2.05 bits per heavy atom. The highest BCUT2D eigenvalue weighted by atomic mass is 32.2. The number of carbonyl (C=O) groups excluding carboxylic acids is 1. The number of nitrogens with two attached hydrogens (primary N) is 1. The minimum atomic E-state index is -1.58. The number of methoxy groups -OCH3 is 1. The van der Waals surface area contributed by atoms with Crippen LogP contribution in [0.5, 0.6) is 5.75 Å². The molecule has 1 atom stereocenters. The van der Waals surface area contributed by atoms with Gasteiger partial charge in [-0.2, -0.15) is 0 Å². The average Bonchev–Trinajstić information content (AvgIpc) is 2.48. The van der Waals surface area contributed by atoms with Gasteiger partial charge < -0.3 is 15.8 Å². The Balaban J connectivity index is 1.98. The summed E-state index contributed by atoms with van der Waals surface area (Å²) in [5.41, 5.74) is 6.60. The molecule has 1 heterocycles. The first-order valence-corrected chi connectivity index (χ1v) is 7.45. The van der Waals surface area contributed by atoms with E-state index in [2.05, 4.69) is 10.3 Å². The molecule has 1 aromatic carbocycles. The number of carbonyl (C=O) groups is 1. The van der Waals surface area contributed by atoms with Crippen LogP contribution in [-0.2, 0) is 15.6 Å². The van der Waals surface area contributed by atoms with Crippen LogP contribution in [0, 0.1) is 0 Å². The molecule has 2 aromatic rings. The molecule has 0 saturated carbocycles. The molecule has 0 bridgehead atoms. The van der Waals surface area contributed by atoms with Crippen molar-refractivity contribution < 1.29 is 13.7 Å². The van der Waals surface area contributed by atoms with Gasteiger partial charge in [-0.3, -0.25) is 9.00 Å². The van der Waals surface area contributed by atoms with Crippen molar-refractivity contribution in [2.24, 2.45) is 0 Å². The zero-order chi connectivity index (χ0) is 15.2. The molecule has 0 fully saturated rings. The van der Waals surface area contributed by atoms with Gasteiger partial charge in [-0.15, -0.1) is 0 Å². The van der Waals surface area contributed by atoms with Gasteiger partial charge in [-0.25, -0.2) is 4.98 Å². The fourth-order valence-electron chi connectivity index (χ4n) is 1.65. The van der Waals surface area contributed by atoms with Gasteiger partial charge in [0, 0.05) is 11.9 Å². The van der Waals surface area contributed by atoms with Crippen LogP contribution in [0.4, 0.5) is 11.4 Å². The maximum absolute atomic E-state index is 12.1. The summed E-state index contributed by atoms with van der Waals surface area (Å²) in [5.74, 6) is 0.120. The number of hydrogen-bond donors (Lipinski definition) is 2. The standard InChI is InChI=1S/C14H15N3O3S/c1-20-11-6-4-10(5-7-11)17-13(18)9-21(19)14-12(15)3-2-8-16-14/h2-8H,9,15H2,1H3,(H,17,18). The molecule has 1 unspecified atom stereocenters. The molecule has 6 nitrogen and oxygen atoms in total. The molecule has 1 amide bonds. The Labute approximate surface area is 124 Å². The Kier molecular flexibility index (Phi) is 4.89. The number of benzene rings is 1. The summed E-state index contributed by atoms with van der Waals surface area (Å²) in [6.07, 6.45) is 1.49. The highest BCUT2D eigenvalue weighted by molar-refractivity contribution is 7.85. The molecule has 3 N–H and O–H groups in total. The van der Waals surface area contributed by atoms with E-state index in [0.717, 1.165) is 0 Å². The first-order chi connectivity index (χ1) is 10.1. The first-order valence-electron chi connectivity index (χ1n) is 6.13. The number of nitrogens with zero attached hydrogens (tertiary/aromatic N) is 1. The van der Waals surface area contributed by atoms with E-state index in [1.165, 1.54) is 6.20 Å². The number of hydrogen-bond acceptors (Lipinski definition) is 5. The molecular formula is C14H15N3O3S. The largest absolute Gasteiger partial charge is 0.497 e. The van der Waals surface area contributed by atoms with Crippen LogP contribution in [0.3, 0.4) is 0 Å². The van der Waals surface area contributed by atoms with E-state index in [1.807, 2.05) is 0 Å². The molecule has 1 aromatic heterocycles. The van der Waals surface area contributed by atoms with Crippen LogP contribution in [-0.4, -0.2) is 28.0 Å². The lowest BCUT2D eigenvalue weighted by molar-refractivity contribution is -0.113. The normalized spacial score (nSPS) is 11.7. The van der Waals surface area contributed by atoms with Crippen molar-refractivity contribution in [2.75, 3.05) is 23.9 Å². The van der Waals surface area contributed by atoms with Gasteiger partial charge in [0.1, 0.15) is 11.5 Å². The number of aromatic nitrogens is 1. The second kappa shape index (κ2) is 6.85. The molecule has 110 valence electrons. The maximum atomic E-state index is 12.1. The summed E-state index contributed by atoms with van der Waals surface area (Å²) in [6.45, 7) is 0. The average molecular weight is 305 g/mol. The second-order valence-corrected chi connectivity index (χ2v) is 5.53. The van der Waals surface area contributed by atoms with Crippen LogP contribution in [0.25, 0.3) is 0 Å². The lowest BCUT2D eigenvalue weighted by Gasteiger charge is -2.07. The molecule has 0 aliphatic carbocycles. The van der Waals surface area contributed by atoms with Gasteiger partial charge in [0.2, 0.25) is 5.91 Å². The van der Waals surface area contributed by atoms with Crippen molar-refractivity contribution in [1.82, 2.24) is 4.98 Å². The van der Waals surface area contributed by atoms with Crippen molar-refractivity contribution in [2.45, 2.75) is 5.03 Å². The van der Waals surface area contributed by atoms with E-state index in [9.17, 15) is 9.00 Å². The Morgan fingerprint density at radius 3 is 2.67 bits per heavy atom. The summed E-state index contributed by atoms with van der Waals surface area (Å²) >= 11 is 0. The molecule has 0 spiro atoms. The van der Waals surface area contributed by atoms with Crippen molar-refractivity contribution in [3.63, 3.8) is 0 Å². The van der Waals surface area contributed by atoms with Gasteiger partial charge in [-0.1, -0.05) is 0 Å². The summed E-state index contributed by atoms with van der Waals surface area (Å²) < 4.78 is 17.1. The van der Waals surface area contributed by atoms with E-state index in [0.29, 0.717) is 17.1 Å². The zero-order valence-corrected chi connectivity index (χ0v) is 12.2. The van der Waals surface area contributed by atoms with Gasteiger partial charge in [0.15, 0.2) is 5.03 Å². The van der Waals surface area contributed by atoms with E-state index < -0.39 is 10.8 Å². The highest BCUT2D eigenvalue weighted by Gasteiger charge is 2.14. The van der Waals surface area contributed by atoms with E-state index in [-0.39, 0.29) is 16.7 Å². The molecule has 2 rings (SSSR count). The predicted octanol–water partition coefficient (Wildman–Crippen LogP) is 1.42. The topological polar surface area (TPSA) is 94.3 Å². The quantitative estimate of drug-likeness (QED) is 0.871. The van der Waals surface area contributed by atoms with Crippen LogP contribution in [0.2, 0.25) is 0 Å². The predicted molar refractivity (Wildman–Crippen MR) is 81.5 cm³/mol. The minimum Gasteiger partial charge on any atom is -0.497 e. The highest BCUT2D eigenvalue weighted by Crippen LogP contribution is 2.16. The molecule has 0 radical (unpaired) electrons. The molecule has 7 heteroatoms. The zero-order valence-electron chi connectivity index (χ0n) is 11.4. The Hall–Kier alpha value is -2.41. The fraction of sp³-hybridized carbons (Fsp3) is 0.143. The van der Waals surface area contributed by atoms with Crippen LogP contribution in [0.1, 0.15) is 0 Å². The number of ether oxygens (including phenoxy) is 1. The van der Waals surface area contributed by atoms with E-state index >= 15 is 0 Å². The third-order valence-corrected chi connectivity index (χ3v) is 3.95. The number of amides is 1. The van der Waals surface area contributed by atoms with Gasteiger partial charge in [0.25, 0.3) is 0 Å². The first kappa shape index (κ1) is 15.0. The van der Waals surface area contributed by atoms with Crippen molar-refractivity contribution >= 4 is 28.1 Å². The summed E-state index contributed by atoms with van der Waals surface area (Å²) in [7, 11) is -0.0141. The number of nitrogen functional groups attached to an aromatic ring is 1. The number of nitrogens with one attached hydrogen (secondary N) is 1.